The smallest absolute Gasteiger partial charge is 0.326 e. The van der Waals surface area contributed by atoms with Crippen molar-refractivity contribution in [3.05, 3.63) is 0 Å². The molecule has 3 N–H and O–H groups in total. The molecular weight excluding hydrogens is 216 g/mol. The predicted molar refractivity (Wildman–Crippen MR) is 61.1 cm³/mol. The molecule has 5 nitrogen and oxygen atoms in total. The van der Waals surface area contributed by atoms with Gasteiger partial charge in [-0.05, 0) is 32.4 Å². The van der Waals surface area contributed by atoms with Crippen molar-refractivity contribution < 1.29 is 14.7 Å². The highest BCUT2D eigenvalue weighted by Gasteiger charge is 2.21. The highest BCUT2D eigenvalue weighted by atomic mass is 32.2. The lowest BCUT2D eigenvalue weighted by atomic mass is 10.2. The topological polar surface area (TPSA) is 78.4 Å². The van der Waals surface area contributed by atoms with Gasteiger partial charge in [0.2, 0.25) is 5.91 Å². The number of hydrogen-bond donors (Lipinski definition) is 3. The quantitative estimate of drug-likeness (QED) is 0.574. The third-order valence-corrected chi connectivity index (χ3v) is 2.70. The average Bonchev–Trinajstić information content (AvgIpc) is 2.22. The Balaban J connectivity index is 4.16. The molecule has 15 heavy (non-hydrogen) atoms. The molecule has 0 saturated carbocycles. The molecule has 0 aromatic heterocycles. The number of amides is 1. The maximum absolute atomic E-state index is 11.4. The lowest BCUT2D eigenvalue weighted by Crippen LogP contribution is -2.48. The molecule has 0 aliphatic rings. The molecule has 2 atom stereocenters. The van der Waals surface area contributed by atoms with Crippen molar-refractivity contribution in [2.75, 3.05) is 19.1 Å². The number of nitrogens with one attached hydrogen (secondary N) is 2. The Hall–Kier alpha value is -0.750. The van der Waals surface area contributed by atoms with Gasteiger partial charge in [0.1, 0.15) is 6.04 Å². The van der Waals surface area contributed by atoms with E-state index >= 15 is 0 Å². The lowest BCUT2D eigenvalue weighted by Gasteiger charge is -2.16. The van der Waals surface area contributed by atoms with Crippen LogP contribution in [0.15, 0.2) is 0 Å². The minimum atomic E-state index is -0.985. The first-order valence-corrected chi connectivity index (χ1v) is 6.11. The van der Waals surface area contributed by atoms with Gasteiger partial charge in [0.15, 0.2) is 0 Å². The van der Waals surface area contributed by atoms with E-state index in [4.69, 9.17) is 5.11 Å². The number of rotatable bonds is 7. The molecule has 0 aromatic rings. The summed E-state index contributed by atoms with van der Waals surface area (Å²) in [6.45, 7) is 1.68. The number of carboxylic acid groups (broad SMARTS) is 1. The maximum Gasteiger partial charge on any atom is 0.326 e. The van der Waals surface area contributed by atoms with Crippen LogP contribution in [0.3, 0.4) is 0 Å². The zero-order valence-electron chi connectivity index (χ0n) is 9.24. The SMILES string of the molecule is CNC(C)C(=O)N[C@@H](CCSC)C(=O)O. The molecule has 1 amide bonds. The fraction of sp³-hybridized carbons (Fsp3) is 0.778. The van der Waals surface area contributed by atoms with Crippen LogP contribution >= 0.6 is 11.8 Å². The highest BCUT2D eigenvalue weighted by molar-refractivity contribution is 7.98. The van der Waals surface area contributed by atoms with Gasteiger partial charge in [-0.1, -0.05) is 0 Å². The van der Waals surface area contributed by atoms with Crippen LogP contribution < -0.4 is 10.6 Å². The highest BCUT2D eigenvalue weighted by Crippen LogP contribution is 2.01. The van der Waals surface area contributed by atoms with Crippen molar-refractivity contribution in [1.29, 1.82) is 0 Å². The summed E-state index contributed by atoms with van der Waals surface area (Å²) in [5, 5.41) is 14.1. The summed E-state index contributed by atoms with van der Waals surface area (Å²) in [4.78, 5) is 22.2. The van der Waals surface area contributed by atoms with Gasteiger partial charge in [-0.25, -0.2) is 4.79 Å². The number of carboxylic acids is 1. The van der Waals surface area contributed by atoms with Crippen molar-refractivity contribution in [2.45, 2.75) is 25.4 Å². The van der Waals surface area contributed by atoms with Crippen LogP contribution in [-0.2, 0) is 9.59 Å². The monoisotopic (exact) mass is 234 g/mol. The molecule has 0 heterocycles. The van der Waals surface area contributed by atoms with Crippen molar-refractivity contribution in [2.24, 2.45) is 0 Å². The van der Waals surface area contributed by atoms with Gasteiger partial charge in [0, 0.05) is 0 Å². The maximum atomic E-state index is 11.4. The molecule has 0 aromatic carbocycles. The molecule has 88 valence electrons. The molecule has 0 aliphatic carbocycles. The standard InChI is InChI=1S/C9H18N2O3S/c1-6(10-2)8(12)11-7(9(13)14)4-5-15-3/h6-7,10H,4-5H2,1-3H3,(H,11,12)(H,13,14)/t6?,7-/m0/s1. The van der Waals surface area contributed by atoms with Crippen LogP contribution in [0.25, 0.3) is 0 Å². The van der Waals surface area contributed by atoms with Gasteiger partial charge in [0.25, 0.3) is 0 Å². The summed E-state index contributed by atoms with van der Waals surface area (Å²) >= 11 is 1.56. The van der Waals surface area contributed by atoms with Crippen molar-refractivity contribution in [1.82, 2.24) is 10.6 Å². The van der Waals surface area contributed by atoms with Crippen molar-refractivity contribution in [3.63, 3.8) is 0 Å². The number of hydrogen-bond acceptors (Lipinski definition) is 4. The Labute approximate surface area is 94.0 Å². The first kappa shape index (κ1) is 14.2. The van der Waals surface area contributed by atoms with E-state index in [1.165, 1.54) is 0 Å². The summed E-state index contributed by atoms with van der Waals surface area (Å²) in [6, 6.07) is -1.16. The lowest BCUT2D eigenvalue weighted by molar-refractivity contribution is -0.142. The summed E-state index contributed by atoms with van der Waals surface area (Å²) in [5.74, 6) is -0.558. The molecular formula is C9H18N2O3S. The summed E-state index contributed by atoms with van der Waals surface area (Å²) in [6.07, 6.45) is 2.34. The van der Waals surface area contributed by atoms with Gasteiger partial charge in [0.05, 0.1) is 6.04 Å². The van der Waals surface area contributed by atoms with E-state index in [2.05, 4.69) is 10.6 Å². The van der Waals surface area contributed by atoms with E-state index in [-0.39, 0.29) is 11.9 Å². The Morgan fingerprint density at radius 3 is 2.47 bits per heavy atom. The molecule has 0 spiro atoms. The van der Waals surface area contributed by atoms with E-state index in [1.54, 1.807) is 25.7 Å². The molecule has 0 aliphatic heterocycles. The van der Waals surface area contributed by atoms with Crippen LogP contribution in [0.4, 0.5) is 0 Å². The van der Waals surface area contributed by atoms with E-state index < -0.39 is 12.0 Å². The van der Waals surface area contributed by atoms with Gasteiger partial charge in [-0.2, -0.15) is 11.8 Å². The number of likely N-dealkylation sites (N-methyl/N-ethyl adjacent to an activating group) is 1. The van der Waals surface area contributed by atoms with E-state index in [9.17, 15) is 9.59 Å². The predicted octanol–water partition coefficient (Wildman–Crippen LogP) is -0.0832. The minimum Gasteiger partial charge on any atom is -0.480 e. The first-order chi connectivity index (χ1) is 7.02. The zero-order valence-corrected chi connectivity index (χ0v) is 10.1. The van der Waals surface area contributed by atoms with E-state index in [1.807, 2.05) is 6.26 Å². The van der Waals surface area contributed by atoms with Crippen LogP contribution in [-0.4, -0.2) is 48.1 Å². The number of carbonyl (C=O) groups is 2. The molecule has 0 radical (unpaired) electrons. The molecule has 1 unspecified atom stereocenters. The van der Waals surface area contributed by atoms with Crippen LogP contribution in [0.5, 0.6) is 0 Å². The van der Waals surface area contributed by atoms with E-state index in [0.717, 1.165) is 0 Å². The summed E-state index contributed by atoms with van der Waals surface area (Å²) in [7, 11) is 1.65. The van der Waals surface area contributed by atoms with Gasteiger partial charge < -0.3 is 15.7 Å². The Kier molecular flexibility index (Phi) is 7.15. The van der Waals surface area contributed by atoms with E-state index in [0.29, 0.717) is 12.2 Å². The zero-order chi connectivity index (χ0) is 11.8. The second kappa shape index (κ2) is 7.53. The Morgan fingerprint density at radius 2 is 2.07 bits per heavy atom. The third kappa shape index (κ3) is 5.64. The summed E-state index contributed by atoms with van der Waals surface area (Å²) < 4.78 is 0. The number of aliphatic carboxylic acids is 1. The first-order valence-electron chi connectivity index (χ1n) is 4.72. The molecule has 0 rings (SSSR count). The normalized spacial score (nSPS) is 14.3. The molecule has 0 fully saturated rings. The fourth-order valence-electron chi connectivity index (χ4n) is 0.921. The van der Waals surface area contributed by atoms with Crippen molar-refractivity contribution >= 4 is 23.6 Å². The Morgan fingerprint density at radius 1 is 1.47 bits per heavy atom. The van der Waals surface area contributed by atoms with Gasteiger partial charge >= 0.3 is 5.97 Å². The molecule has 6 heteroatoms. The van der Waals surface area contributed by atoms with Crippen molar-refractivity contribution in [3.8, 4) is 0 Å². The molecule has 0 bridgehead atoms. The number of thioether (sulfide) groups is 1. The Bertz CT molecular complexity index is 223. The van der Waals surface area contributed by atoms with Gasteiger partial charge in [-0.15, -0.1) is 0 Å². The van der Waals surface area contributed by atoms with Crippen LogP contribution in [0, 0.1) is 0 Å². The average molecular weight is 234 g/mol. The second-order valence-electron chi connectivity index (χ2n) is 3.19. The van der Waals surface area contributed by atoms with Crippen LogP contribution in [0.2, 0.25) is 0 Å². The van der Waals surface area contributed by atoms with Gasteiger partial charge in [-0.3, -0.25) is 4.79 Å². The largest absolute Gasteiger partial charge is 0.480 e. The molecule has 0 saturated heterocycles. The number of carbonyl (C=O) groups excluding carboxylic acids is 1. The fourth-order valence-corrected chi connectivity index (χ4v) is 1.39. The summed E-state index contributed by atoms with van der Waals surface area (Å²) in [5.41, 5.74) is 0. The van der Waals surface area contributed by atoms with Crippen LogP contribution in [0.1, 0.15) is 13.3 Å². The minimum absolute atomic E-state index is 0.286. The third-order valence-electron chi connectivity index (χ3n) is 2.05. The second-order valence-corrected chi connectivity index (χ2v) is 4.18.